The topological polar surface area (TPSA) is 38.7 Å². The summed E-state index contributed by atoms with van der Waals surface area (Å²) in [6.45, 7) is 4.64. The number of hydrogen-bond donors (Lipinski definition) is 0. The van der Waals surface area contributed by atoms with E-state index >= 15 is 0 Å². The molecule has 0 radical (unpaired) electrons. The molecule has 0 fully saturated rings. The first-order valence-corrected chi connectivity index (χ1v) is 18.3. The minimum Gasteiger partial charge on any atom is -0.208 e. The van der Waals surface area contributed by atoms with Crippen molar-refractivity contribution >= 4 is 0 Å². The standard InChI is InChI=1S/C49H35N3/c1-48(2)37-24-10-8-20-33(37)43-35(22-14-28-41(43)48)46-50-45(30-16-4-3-5-17-30)51-47(52-46)36-23-15-29-42-44(36)34-21-9-13-27-40(34)49(42)38-25-11-6-18-31(38)32-19-7-12-26-39(32)49/h3-29,34,40H,1-2H3. The van der Waals surface area contributed by atoms with Gasteiger partial charge in [0.25, 0.3) is 0 Å². The SMILES string of the molecule is CC1(C)c2ccccc2-c2c(-c3nc(-c4ccccc4)nc(-c4cccc5c4C4C=CC=CC4C54c5ccccc5-c5ccccc54)n3)cccc21. The molecule has 0 bridgehead atoms. The third-order valence-corrected chi connectivity index (χ3v) is 12.2. The molecule has 2 atom stereocenters. The maximum Gasteiger partial charge on any atom is 0.164 e. The molecule has 1 aromatic heterocycles. The number of rotatable bonds is 3. The Bertz CT molecular complexity index is 2640. The van der Waals surface area contributed by atoms with Crippen molar-refractivity contribution in [3.63, 3.8) is 0 Å². The van der Waals surface area contributed by atoms with Crippen molar-refractivity contribution in [2.24, 2.45) is 5.92 Å². The highest BCUT2D eigenvalue weighted by Gasteiger charge is 2.57. The average molecular weight is 666 g/mol. The highest BCUT2D eigenvalue weighted by Crippen LogP contribution is 2.66. The Morgan fingerprint density at radius 2 is 0.942 bits per heavy atom. The van der Waals surface area contributed by atoms with Gasteiger partial charge in [-0.05, 0) is 55.6 Å². The number of allylic oxidation sites excluding steroid dienone is 4. The highest BCUT2D eigenvalue weighted by molar-refractivity contribution is 5.92. The molecular formula is C49H35N3. The van der Waals surface area contributed by atoms with Gasteiger partial charge in [0.15, 0.2) is 17.5 Å². The zero-order chi connectivity index (χ0) is 34.6. The molecule has 52 heavy (non-hydrogen) atoms. The number of fused-ring (bicyclic) bond motifs is 13. The summed E-state index contributed by atoms with van der Waals surface area (Å²) in [4.78, 5) is 16.0. The summed E-state index contributed by atoms with van der Waals surface area (Å²) in [6, 6.07) is 50.6. The van der Waals surface area contributed by atoms with Crippen LogP contribution in [0.1, 0.15) is 53.1 Å². The van der Waals surface area contributed by atoms with Crippen LogP contribution in [0, 0.1) is 5.92 Å². The first-order chi connectivity index (χ1) is 25.6. The average Bonchev–Trinajstić information content (AvgIpc) is 3.77. The minimum atomic E-state index is -0.321. The zero-order valence-corrected chi connectivity index (χ0v) is 29.1. The molecule has 3 heteroatoms. The predicted molar refractivity (Wildman–Crippen MR) is 210 cm³/mol. The Hall–Kier alpha value is -6.19. The van der Waals surface area contributed by atoms with Crippen molar-refractivity contribution in [1.82, 2.24) is 15.0 Å². The Labute approximate surface area is 304 Å². The molecule has 0 N–H and O–H groups in total. The molecule has 0 amide bonds. The van der Waals surface area contributed by atoms with Crippen LogP contribution in [-0.4, -0.2) is 15.0 Å². The molecule has 11 rings (SSSR count). The normalized spacial score (nSPS) is 18.7. The van der Waals surface area contributed by atoms with Crippen LogP contribution in [-0.2, 0) is 10.8 Å². The first kappa shape index (κ1) is 29.5. The van der Waals surface area contributed by atoms with Gasteiger partial charge >= 0.3 is 0 Å². The molecule has 246 valence electrons. The second-order valence-electron chi connectivity index (χ2n) is 15.1. The van der Waals surface area contributed by atoms with E-state index in [0.717, 1.165) is 16.7 Å². The lowest BCUT2D eigenvalue weighted by atomic mass is 9.65. The summed E-state index contributed by atoms with van der Waals surface area (Å²) in [5.41, 5.74) is 15.8. The summed E-state index contributed by atoms with van der Waals surface area (Å²) in [5, 5.41) is 0. The van der Waals surface area contributed by atoms with E-state index in [9.17, 15) is 0 Å². The smallest absolute Gasteiger partial charge is 0.164 e. The summed E-state index contributed by atoms with van der Waals surface area (Å²) < 4.78 is 0. The molecular weight excluding hydrogens is 631 g/mol. The van der Waals surface area contributed by atoms with Gasteiger partial charge in [-0.3, -0.25) is 0 Å². The van der Waals surface area contributed by atoms with Gasteiger partial charge in [-0.25, -0.2) is 15.0 Å². The van der Waals surface area contributed by atoms with Crippen molar-refractivity contribution in [2.45, 2.75) is 30.6 Å². The van der Waals surface area contributed by atoms with E-state index in [1.807, 2.05) is 6.07 Å². The molecule has 1 spiro atoms. The van der Waals surface area contributed by atoms with Crippen LogP contribution >= 0.6 is 0 Å². The molecule has 0 aliphatic heterocycles. The lowest BCUT2D eigenvalue weighted by Crippen LogP contribution is -2.32. The van der Waals surface area contributed by atoms with Crippen molar-refractivity contribution in [3.05, 3.63) is 197 Å². The summed E-state index contributed by atoms with van der Waals surface area (Å²) in [6.07, 6.45) is 9.29. The van der Waals surface area contributed by atoms with Gasteiger partial charge in [0.2, 0.25) is 0 Å². The summed E-state index contributed by atoms with van der Waals surface area (Å²) in [7, 11) is 0. The third-order valence-electron chi connectivity index (χ3n) is 12.2. The Kier molecular flexibility index (Phi) is 6.06. The first-order valence-electron chi connectivity index (χ1n) is 18.3. The van der Waals surface area contributed by atoms with Gasteiger partial charge in [0.1, 0.15) is 0 Å². The van der Waals surface area contributed by atoms with Crippen molar-refractivity contribution in [3.8, 4) is 56.4 Å². The molecule has 1 heterocycles. The monoisotopic (exact) mass is 665 g/mol. The largest absolute Gasteiger partial charge is 0.208 e. The second-order valence-corrected chi connectivity index (χ2v) is 15.1. The van der Waals surface area contributed by atoms with E-state index in [2.05, 4.69) is 172 Å². The van der Waals surface area contributed by atoms with Gasteiger partial charge in [-0.15, -0.1) is 0 Å². The lowest BCUT2D eigenvalue weighted by Gasteiger charge is -2.36. The fourth-order valence-electron chi connectivity index (χ4n) is 10.1. The highest BCUT2D eigenvalue weighted by atomic mass is 15.0. The minimum absolute atomic E-state index is 0.127. The molecule has 2 unspecified atom stereocenters. The molecule has 0 saturated carbocycles. The molecule has 3 nitrogen and oxygen atoms in total. The summed E-state index contributed by atoms with van der Waals surface area (Å²) in [5.74, 6) is 2.46. The summed E-state index contributed by atoms with van der Waals surface area (Å²) >= 11 is 0. The number of benzene rings is 6. The Balaban J connectivity index is 1.19. The fraction of sp³-hybridized carbons (Fsp3) is 0.122. The quantitative estimate of drug-likeness (QED) is 0.189. The van der Waals surface area contributed by atoms with Crippen LogP contribution in [0.25, 0.3) is 56.4 Å². The van der Waals surface area contributed by atoms with Gasteiger partial charge < -0.3 is 0 Å². The van der Waals surface area contributed by atoms with Crippen LogP contribution in [0.15, 0.2) is 164 Å². The van der Waals surface area contributed by atoms with Crippen LogP contribution in [0.2, 0.25) is 0 Å². The van der Waals surface area contributed by atoms with Crippen LogP contribution < -0.4 is 0 Å². The van der Waals surface area contributed by atoms with E-state index in [0.29, 0.717) is 17.5 Å². The van der Waals surface area contributed by atoms with E-state index in [4.69, 9.17) is 15.0 Å². The van der Waals surface area contributed by atoms with Crippen LogP contribution in [0.4, 0.5) is 0 Å². The van der Waals surface area contributed by atoms with E-state index in [1.165, 1.54) is 55.6 Å². The molecule has 4 aliphatic rings. The van der Waals surface area contributed by atoms with Crippen LogP contribution in [0.3, 0.4) is 0 Å². The maximum atomic E-state index is 5.45. The third kappa shape index (κ3) is 3.78. The lowest BCUT2D eigenvalue weighted by molar-refractivity contribution is 0.465. The number of hydrogen-bond acceptors (Lipinski definition) is 3. The number of nitrogens with zero attached hydrogens (tertiary/aromatic N) is 3. The maximum absolute atomic E-state index is 5.45. The van der Waals surface area contributed by atoms with Gasteiger partial charge in [-0.1, -0.05) is 178 Å². The molecule has 4 aliphatic carbocycles. The molecule has 0 saturated heterocycles. The van der Waals surface area contributed by atoms with Crippen LogP contribution in [0.5, 0.6) is 0 Å². The van der Waals surface area contributed by atoms with Gasteiger partial charge in [0, 0.05) is 33.9 Å². The zero-order valence-electron chi connectivity index (χ0n) is 29.1. The Morgan fingerprint density at radius 3 is 1.67 bits per heavy atom. The molecule has 7 aromatic rings. The number of aromatic nitrogens is 3. The van der Waals surface area contributed by atoms with E-state index in [1.54, 1.807) is 0 Å². The van der Waals surface area contributed by atoms with Crippen molar-refractivity contribution in [1.29, 1.82) is 0 Å². The second kappa shape index (κ2) is 10.7. The fourth-order valence-corrected chi connectivity index (χ4v) is 10.1. The van der Waals surface area contributed by atoms with Crippen molar-refractivity contribution in [2.75, 3.05) is 0 Å². The van der Waals surface area contributed by atoms with E-state index < -0.39 is 0 Å². The predicted octanol–water partition coefficient (Wildman–Crippen LogP) is 11.3. The van der Waals surface area contributed by atoms with E-state index in [-0.39, 0.29) is 22.7 Å². The molecule has 6 aromatic carbocycles. The Morgan fingerprint density at radius 1 is 0.423 bits per heavy atom. The van der Waals surface area contributed by atoms with Gasteiger partial charge in [-0.2, -0.15) is 0 Å². The van der Waals surface area contributed by atoms with Gasteiger partial charge in [0.05, 0.1) is 5.41 Å². The van der Waals surface area contributed by atoms with Crippen molar-refractivity contribution < 1.29 is 0 Å².